The molecule has 0 aliphatic carbocycles. The zero-order chi connectivity index (χ0) is 12.8. The summed E-state index contributed by atoms with van der Waals surface area (Å²) in [5.41, 5.74) is 0. The number of hydrogen-bond acceptors (Lipinski definition) is 5. The molecule has 96 valence electrons. The number of halogens is 1. The molecule has 17 heavy (non-hydrogen) atoms. The van der Waals surface area contributed by atoms with Gasteiger partial charge >= 0.3 is 0 Å². The van der Waals surface area contributed by atoms with Gasteiger partial charge in [-0.3, -0.25) is 4.21 Å². The van der Waals surface area contributed by atoms with E-state index in [-0.39, 0.29) is 5.25 Å². The second kappa shape index (κ2) is 7.18. The van der Waals surface area contributed by atoms with E-state index in [1.54, 1.807) is 12.3 Å². The lowest BCUT2D eigenvalue weighted by atomic mass is 10.3. The first-order valence-electron chi connectivity index (χ1n) is 5.17. The van der Waals surface area contributed by atoms with Crippen LogP contribution in [0.2, 0.25) is 5.15 Å². The summed E-state index contributed by atoms with van der Waals surface area (Å²) < 4.78 is 11.2. The van der Waals surface area contributed by atoms with E-state index in [4.69, 9.17) is 11.6 Å². The van der Waals surface area contributed by atoms with E-state index in [0.29, 0.717) is 16.1 Å². The standard InChI is InChI=1S/C10H16ClN3OS2/c1-7(17(3)15)4-5-12-9-6-8(11)13-10(14-9)16-2/h6-7H,4-5H2,1-3H3,(H,12,13,14). The molecule has 0 aliphatic rings. The summed E-state index contributed by atoms with van der Waals surface area (Å²) in [5.74, 6) is 0.712. The van der Waals surface area contributed by atoms with E-state index in [0.717, 1.165) is 13.0 Å². The van der Waals surface area contributed by atoms with Crippen LogP contribution in [0.15, 0.2) is 11.2 Å². The van der Waals surface area contributed by atoms with Crippen LogP contribution in [-0.4, -0.2) is 38.5 Å². The molecule has 0 aliphatic heterocycles. The van der Waals surface area contributed by atoms with Crippen molar-refractivity contribution in [3.63, 3.8) is 0 Å². The summed E-state index contributed by atoms with van der Waals surface area (Å²) >= 11 is 7.31. The van der Waals surface area contributed by atoms with Crippen LogP contribution >= 0.6 is 23.4 Å². The van der Waals surface area contributed by atoms with Gasteiger partial charge in [0.05, 0.1) is 0 Å². The number of nitrogens with zero attached hydrogens (tertiary/aromatic N) is 2. The molecule has 0 saturated carbocycles. The van der Waals surface area contributed by atoms with Crippen molar-refractivity contribution < 1.29 is 4.21 Å². The smallest absolute Gasteiger partial charge is 0.190 e. The molecule has 2 unspecified atom stereocenters. The molecule has 1 aromatic heterocycles. The monoisotopic (exact) mass is 293 g/mol. The highest BCUT2D eigenvalue weighted by Gasteiger charge is 2.06. The zero-order valence-corrected chi connectivity index (χ0v) is 12.5. The van der Waals surface area contributed by atoms with E-state index >= 15 is 0 Å². The van der Waals surface area contributed by atoms with E-state index in [1.165, 1.54) is 11.8 Å². The quantitative estimate of drug-likeness (QED) is 0.496. The predicted octanol–water partition coefficient (Wildman–Crippen LogP) is 2.42. The van der Waals surface area contributed by atoms with Crippen molar-refractivity contribution in [2.45, 2.75) is 23.8 Å². The third-order valence-electron chi connectivity index (χ3n) is 2.28. The Hall–Kier alpha value is -0.330. The van der Waals surface area contributed by atoms with Crippen LogP contribution in [-0.2, 0) is 10.8 Å². The molecule has 4 nitrogen and oxygen atoms in total. The molecule has 1 aromatic rings. The fourth-order valence-electron chi connectivity index (χ4n) is 1.15. The van der Waals surface area contributed by atoms with Crippen LogP contribution in [0.3, 0.4) is 0 Å². The maximum Gasteiger partial charge on any atom is 0.190 e. The average molecular weight is 294 g/mol. The minimum absolute atomic E-state index is 0.180. The third kappa shape index (κ3) is 5.23. The van der Waals surface area contributed by atoms with Crippen molar-refractivity contribution in [2.75, 3.05) is 24.4 Å². The highest BCUT2D eigenvalue weighted by molar-refractivity contribution is 7.98. The van der Waals surface area contributed by atoms with Crippen LogP contribution in [0, 0.1) is 0 Å². The van der Waals surface area contributed by atoms with E-state index in [1.807, 2.05) is 13.2 Å². The van der Waals surface area contributed by atoms with Gasteiger partial charge in [0.15, 0.2) is 5.16 Å². The molecule has 2 atom stereocenters. The van der Waals surface area contributed by atoms with Crippen LogP contribution in [0.25, 0.3) is 0 Å². The lowest BCUT2D eigenvalue weighted by molar-refractivity contribution is 0.672. The van der Waals surface area contributed by atoms with Gasteiger partial charge in [0.25, 0.3) is 0 Å². The minimum Gasteiger partial charge on any atom is -0.370 e. The molecule has 0 spiro atoms. The van der Waals surface area contributed by atoms with Crippen LogP contribution in [0.5, 0.6) is 0 Å². The summed E-state index contributed by atoms with van der Waals surface area (Å²) in [6.07, 6.45) is 4.45. The molecule has 0 aromatic carbocycles. The summed E-state index contributed by atoms with van der Waals surface area (Å²) in [6, 6.07) is 1.69. The fourth-order valence-corrected chi connectivity index (χ4v) is 2.21. The van der Waals surface area contributed by atoms with Gasteiger partial charge in [-0.05, 0) is 12.7 Å². The average Bonchev–Trinajstić information content (AvgIpc) is 2.27. The first kappa shape index (κ1) is 14.7. The SMILES string of the molecule is CSc1nc(Cl)cc(NCCC(C)S(C)=O)n1. The van der Waals surface area contributed by atoms with Gasteiger partial charge in [-0.15, -0.1) is 0 Å². The summed E-state index contributed by atoms with van der Waals surface area (Å²) in [4.78, 5) is 8.33. The molecule has 0 saturated heterocycles. The maximum absolute atomic E-state index is 11.2. The first-order chi connectivity index (χ1) is 8.02. The first-order valence-corrected chi connectivity index (χ1v) is 8.40. The second-order valence-electron chi connectivity index (χ2n) is 3.59. The van der Waals surface area contributed by atoms with Gasteiger partial charge in [0.1, 0.15) is 11.0 Å². The van der Waals surface area contributed by atoms with Gasteiger partial charge in [0, 0.05) is 34.9 Å². The molecule has 0 bridgehead atoms. The molecular formula is C10H16ClN3OS2. The summed E-state index contributed by atoms with van der Waals surface area (Å²) in [7, 11) is -0.782. The number of aromatic nitrogens is 2. The lowest BCUT2D eigenvalue weighted by Gasteiger charge is -2.10. The van der Waals surface area contributed by atoms with Gasteiger partial charge in [-0.25, -0.2) is 9.97 Å². The summed E-state index contributed by atoms with van der Waals surface area (Å²) in [6.45, 7) is 2.69. The Kier molecular flexibility index (Phi) is 6.22. The van der Waals surface area contributed by atoms with Crippen LogP contribution in [0.1, 0.15) is 13.3 Å². The highest BCUT2D eigenvalue weighted by Crippen LogP contribution is 2.17. The Morgan fingerprint density at radius 1 is 1.59 bits per heavy atom. The predicted molar refractivity (Wildman–Crippen MR) is 75.5 cm³/mol. The molecule has 1 N–H and O–H groups in total. The minimum atomic E-state index is -0.782. The lowest BCUT2D eigenvalue weighted by Crippen LogP contribution is -2.15. The van der Waals surface area contributed by atoms with Crippen molar-refractivity contribution >= 4 is 40.0 Å². The Morgan fingerprint density at radius 2 is 2.29 bits per heavy atom. The Balaban J connectivity index is 2.51. The Morgan fingerprint density at radius 3 is 2.88 bits per heavy atom. The normalized spacial score (nSPS) is 14.4. The molecular weight excluding hydrogens is 278 g/mol. The van der Waals surface area contributed by atoms with E-state index in [2.05, 4.69) is 15.3 Å². The molecule has 0 radical (unpaired) electrons. The Bertz CT molecular complexity index is 403. The molecule has 0 fully saturated rings. The molecule has 0 amide bonds. The molecule has 1 rings (SSSR count). The van der Waals surface area contributed by atoms with Crippen molar-refractivity contribution in [1.29, 1.82) is 0 Å². The Labute approximate surface area is 113 Å². The van der Waals surface area contributed by atoms with Crippen molar-refractivity contribution in [3.8, 4) is 0 Å². The van der Waals surface area contributed by atoms with Crippen LogP contribution in [0.4, 0.5) is 5.82 Å². The van der Waals surface area contributed by atoms with Gasteiger partial charge in [-0.1, -0.05) is 30.3 Å². The number of anilines is 1. The van der Waals surface area contributed by atoms with E-state index < -0.39 is 10.8 Å². The summed E-state index contributed by atoms with van der Waals surface area (Å²) in [5, 5.41) is 4.42. The number of nitrogens with one attached hydrogen (secondary N) is 1. The topological polar surface area (TPSA) is 54.9 Å². The fraction of sp³-hybridized carbons (Fsp3) is 0.600. The van der Waals surface area contributed by atoms with Crippen molar-refractivity contribution in [2.24, 2.45) is 0 Å². The zero-order valence-electron chi connectivity index (χ0n) is 10.1. The molecule has 7 heteroatoms. The highest BCUT2D eigenvalue weighted by atomic mass is 35.5. The van der Waals surface area contributed by atoms with Gasteiger partial charge in [-0.2, -0.15) is 0 Å². The number of rotatable bonds is 6. The van der Waals surface area contributed by atoms with Crippen LogP contribution < -0.4 is 5.32 Å². The number of thioether (sulfide) groups is 1. The second-order valence-corrected chi connectivity index (χ2v) is 6.55. The molecule has 1 heterocycles. The third-order valence-corrected chi connectivity index (χ3v) is 4.39. The van der Waals surface area contributed by atoms with Crippen molar-refractivity contribution in [3.05, 3.63) is 11.2 Å². The van der Waals surface area contributed by atoms with Gasteiger partial charge < -0.3 is 5.32 Å². The maximum atomic E-state index is 11.2. The number of hydrogen-bond donors (Lipinski definition) is 1. The van der Waals surface area contributed by atoms with Crippen molar-refractivity contribution in [1.82, 2.24) is 9.97 Å². The largest absolute Gasteiger partial charge is 0.370 e. The van der Waals surface area contributed by atoms with E-state index in [9.17, 15) is 4.21 Å². The van der Waals surface area contributed by atoms with Gasteiger partial charge in [0.2, 0.25) is 0 Å².